The van der Waals surface area contributed by atoms with Gasteiger partial charge in [0.2, 0.25) is 5.91 Å². The number of nitrogens with one attached hydrogen (secondary N) is 2. The number of carbonyl (C=O) groups excluding carboxylic acids is 2. The maximum atomic E-state index is 12.5. The molecule has 5 heteroatoms. The maximum Gasteiger partial charge on any atom is 0.255 e. The standard InChI is InChI=1S/C20H20N2O3/c1-25-15-6-4-5-14(12-15)21-18(23)13-7-8-16-17(11-13)22-19(24)20(16)9-2-3-10-20/h4-8,11-12H,2-3,9-10H2,1H3,(H,21,23)(H,22,24). The number of benzene rings is 2. The fourth-order valence-electron chi connectivity index (χ4n) is 3.95. The van der Waals surface area contributed by atoms with E-state index in [1.54, 1.807) is 25.3 Å². The molecule has 1 saturated carbocycles. The second kappa shape index (κ2) is 5.92. The molecule has 128 valence electrons. The van der Waals surface area contributed by atoms with Gasteiger partial charge < -0.3 is 15.4 Å². The van der Waals surface area contributed by atoms with E-state index >= 15 is 0 Å². The average Bonchev–Trinajstić information content (AvgIpc) is 3.22. The van der Waals surface area contributed by atoms with Crippen LogP contribution in [0.3, 0.4) is 0 Å². The summed E-state index contributed by atoms with van der Waals surface area (Å²) in [4.78, 5) is 25.0. The highest BCUT2D eigenvalue weighted by Crippen LogP contribution is 2.48. The van der Waals surface area contributed by atoms with Crippen LogP contribution in [0.2, 0.25) is 0 Å². The lowest BCUT2D eigenvalue weighted by Crippen LogP contribution is -2.30. The summed E-state index contributed by atoms with van der Waals surface area (Å²) in [6, 6.07) is 12.7. The molecular formula is C20H20N2O3. The van der Waals surface area contributed by atoms with Crippen LogP contribution in [0.4, 0.5) is 11.4 Å². The molecule has 1 aliphatic carbocycles. The Kier molecular flexibility index (Phi) is 3.71. The molecular weight excluding hydrogens is 316 g/mol. The lowest BCUT2D eigenvalue weighted by Gasteiger charge is -2.20. The molecule has 1 fully saturated rings. The largest absolute Gasteiger partial charge is 0.497 e. The number of rotatable bonds is 3. The summed E-state index contributed by atoms with van der Waals surface area (Å²) in [6.45, 7) is 0. The van der Waals surface area contributed by atoms with Crippen molar-refractivity contribution in [3.8, 4) is 5.75 Å². The normalized spacial score (nSPS) is 17.2. The number of hydrogen-bond donors (Lipinski definition) is 2. The van der Waals surface area contributed by atoms with Crippen LogP contribution in [0.5, 0.6) is 5.75 Å². The Morgan fingerprint density at radius 2 is 1.96 bits per heavy atom. The number of anilines is 2. The molecule has 25 heavy (non-hydrogen) atoms. The molecule has 1 aliphatic heterocycles. The molecule has 2 aromatic carbocycles. The fraction of sp³-hybridized carbons (Fsp3) is 0.300. The molecule has 0 bridgehead atoms. The number of hydrogen-bond acceptors (Lipinski definition) is 3. The van der Waals surface area contributed by atoms with Gasteiger partial charge in [-0.15, -0.1) is 0 Å². The van der Waals surface area contributed by atoms with E-state index in [-0.39, 0.29) is 17.2 Å². The molecule has 0 aromatic heterocycles. The van der Waals surface area contributed by atoms with E-state index in [0.29, 0.717) is 17.0 Å². The number of methoxy groups -OCH3 is 1. The molecule has 4 rings (SSSR count). The van der Waals surface area contributed by atoms with Crippen molar-refractivity contribution >= 4 is 23.2 Å². The lowest BCUT2D eigenvalue weighted by molar-refractivity contribution is -0.120. The smallest absolute Gasteiger partial charge is 0.255 e. The quantitative estimate of drug-likeness (QED) is 0.898. The number of fused-ring (bicyclic) bond motifs is 2. The van der Waals surface area contributed by atoms with Crippen LogP contribution in [-0.2, 0) is 10.2 Å². The van der Waals surface area contributed by atoms with E-state index in [1.807, 2.05) is 24.3 Å². The van der Waals surface area contributed by atoms with Gasteiger partial charge in [0.15, 0.2) is 0 Å². The van der Waals surface area contributed by atoms with E-state index in [4.69, 9.17) is 4.74 Å². The molecule has 2 aliphatic rings. The summed E-state index contributed by atoms with van der Waals surface area (Å²) in [5.41, 5.74) is 2.62. The Balaban J connectivity index is 1.59. The Morgan fingerprint density at radius 1 is 1.16 bits per heavy atom. The van der Waals surface area contributed by atoms with Crippen molar-refractivity contribution in [3.63, 3.8) is 0 Å². The number of ether oxygens (including phenoxy) is 1. The second-order valence-corrected chi connectivity index (χ2v) is 6.69. The minimum Gasteiger partial charge on any atom is -0.497 e. The minimum atomic E-state index is -0.378. The van der Waals surface area contributed by atoms with Crippen molar-refractivity contribution in [1.82, 2.24) is 0 Å². The van der Waals surface area contributed by atoms with Crippen LogP contribution in [0.25, 0.3) is 0 Å². The molecule has 0 atom stereocenters. The first-order valence-electron chi connectivity index (χ1n) is 8.54. The van der Waals surface area contributed by atoms with E-state index < -0.39 is 0 Å². The first kappa shape index (κ1) is 15.7. The second-order valence-electron chi connectivity index (χ2n) is 6.69. The molecule has 0 radical (unpaired) electrons. The molecule has 0 unspecified atom stereocenters. The Morgan fingerprint density at radius 3 is 2.72 bits per heavy atom. The molecule has 2 amide bonds. The first-order chi connectivity index (χ1) is 12.1. The lowest BCUT2D eigenvalue weighted by atomic mass is 9.80. The summed E-state index contributed by atoms with van der Waals surface area (Å²) < 4.78 is 5.17. The van der Waals surface area contributed by atoms with Crippen molar-refractivity contribution in [2.24, 2.45) is 0 Å². The summed E-state index contributed by atoms with van der Waals surface area (Å²) in [5.74, 6) is 0.546. The third-order valence-corrected chi connectivity index (χ3v) is 5.26. The van der Waals surface area contributed by atoms with Gasteiger partial charge >= 0.3 is 0 Å². The van der Waals surface area contributed by atoms with Gasteiger partial charge in [0.1, 0.15) is 5.75 Å². The Bertz CT molecular complexity index is 854. The minimum absolute atomic E-state index is 0.0744. The monoisotopic (exact) mass is 336 g/mol. The highest BCUT2D eigenvalue weighted by atomic mass is 16.5. The fourth-order valence-corrected chi connectivity index (χ4v) is 3.95. The van der Waals surface area contributed by atoms with Crippen LogP contribution in [0, 0.1) is 0 Å². The highest BCUT2D eigenvalue weighted by molar-refractivity contribution is 6.10. The molecule has 2 aromatic rings. The van der Waals surface area contributed by atoms with E-state index in [2.05, 4.69) is 10.6 Å². The maximum absolute atomic E-state index is 12.5. The predicted octanol–water partition coefficient (Wildman–Crippen LogP) is 3.71. The number of amides is 2. The zero-order chi connectivity index (χ0) is 17.4. The van der Waals surface area contributed by atoms with Gasteiger partial charge in [0, 0.05) is 23.0 Å². The molecule has 5 nitrogen and oxygen atoms in total. The van der Waals surface area contributed by atoms with Crippen LogP contribution in [-0.4, -0.2) is 18.9 Å². The number of carbonyl (C=O) groups is 2. The van der Waals surface area contributed by atoms with E-state index in [1.165, 1.54) is 0 Å². The van der Waals surface area contributed by atoms with Crippen LogP contribution >= 0.6 is 0 Å². The van der Waals surface area contributed by atoms with Gasteiger partial charge in [0.05, 0.1) is 12.5 Å². The summed E-state index contributed by atoms with van der Waals surface area (Å²) in [7, 11) is 1.59. The summed E-state index contributed by atoms with van der Waals surface area (Å²) >= 11 is 0. The predicted molar refractivity (Wildman–Crippen MR) is 96.2 cm³/mol. The summed E-state index contributed by atoms with van der Waals surface area (Å²) in [6.07, 6.45) is 3.93. The van der Waals surface area contributed by atoms with Gasteiger partial charge in [-0.3, -0.25) is 9.59 Å². The Hall–Kier alpha value is -2.82. The van der Waals surface area contributed by atoms with Crippen molar-refractivity contribution in [3.05, 3.63) is 53.6 Å². The third-order valence-electron chi connectivity index (χ3n) is 5.26. The van der Waals surface area contributed by atoms with Crippen LogP contribution in [0.1, 0.15) is 41.6 Å². The summed E-state index contributed by atoms with van der Waals surface area (Å²) in [5, 5.41) is 5.83. The third kappa shape index (κ3) is 2.56. The van der Waals surface area contributed by atoms with E-state index in [0.717, 1.165) is 36.9 Å². The van der Waals surface area contributed by atoms with Gasteiger partial charge in [-0.25, -0.2) is 0 Å². The van der Waals surface area contributed by atoms with Gasteiger partial charge in [-0.05, 0) is 42.7 Å². The Labute approximate surface area is 146 Å². The highest BCUT2D eigenvalue weighted by Gasteiger charge is 2.48. The van der Waals surface area contributed by atoms with Gasteiger partial charge in [-0.2, -0.15) is 0 Å². The van der Waals surface area contributed by atoms with Crippen molar-refractivity contribution < 1.29 is 14.3 Å². The SMILES string of the molecule is COc1cccc(NC(=O)c2ccc3c(c2)NC(=O)C32CCCC2)c1. The zero-order valence-electron chi connectivity index (χ0n) is 14.1. The van der Waals surface area contributed by atoms with Crippen molar-refractivity contribution in [1.29, 1.82) is 0 Å². The van der Waals surface area contributed by atoms with Crippen LogP contribution in [0.15, 0.2) is 42.5 Å². The first-order valence-corrected chi connectivity index (χ1v) is 8.54. The van der Waals surface area contributed by atoms with E-state index in [9.17, 15) is 9.59 Å². The molecule has 0 saturated heterocycles. The van der Waals surface area contributed by atoms with Crippen LogP contribution < -0.4 is 15.4 Å². The molecule has 2 N–H and O–H groups in total. The zero-order valence-corrected chi connectivity index (χ0v) is 14.1. The molecule has 1 heterocycles. The molecule has 1 spiro atoms. The van der Waals surface area contributed by atoms with Crippen molar-refractivity contribution in [2.75, 3.05) is 17.7 Å². The average molecular weight is 336 g/mol. The van der Waals surface area contributed by atoms with Gasteiger partial charge in [-0.1, -0.05) is 25.0 Å². The topological polar surface area (TPSA) is 67.4 Å². The van der Waals surface area contributed by atoms with Gasteiger partial charge in [0.25, 0.3) is 5.91 Å². The van der Waals surface area contributed by atoms with Crippen molar-refractivity contribution in [2.45, 2.75) is 31.1 Å².